The van der Waals surface area contributed by atoms with Gasteiger partial charge in [-0.15, -0.1) is 0 Å². The molecular formula is C23H20F3N3O3. The number of halogens is 3. The zero-order valence-electron chi connectivity index (χ0n) is 16.9. The third-order valence-corrected chi connectivity index (χ3v) is 5.32. The standard InChI is InChI=1S/C23H20F3N3O3/c24-23(25,26)21-18(13-30)12-29(28-21)11-16-6-8-19-17(10-16)7-9-20(19)27-22(31)32-14-15-4-2-1-3-5-15/h1-6,8,10,12-13,20H,7,9,11,14H2,(H,27,31). The van der Waals surface area contributed by atoms with E-state index in [1.165, 1.54) is 0 Å². The summed E-state index contributed by atoms with van der Waals surface area (Å²) in [5.74, 6) is 0. The molecule has 1 amide bonds. The summed E-state index contributed by atoms with van der Waals surface area (Å²) in [7, 11) is 0. The average Bonchev–Trinajstić information content (AvgIpc) is 3.37. The SMILES string of the molecule is O=Cc1cn(Cc2ccc3c(c2)CCC3NC(=O)OCc2ccccc2)nc1C(F)(F)F. The van der Waals surface area contributed by atoms with Gasteiger partial charge in [-0.2, -0.15) is 18.3 Å². The summed E-state index contributed by atoms with van der Waals surface area (Å²) in [5.41, 5.74) is 1.93. The molecule has 6 nitrogen and oxygen atoms in total. The van der Waals surface area contributed by atoms with Crippen LogP contribution >= 0.6 is 0 Å². The molecular weight excluding hydrogens is 423 g/mol. The number of amides is 1. The number of benzene rings is 2. The van der Waals surface area contributed by atoms with Crippen LogP contribution in [0.1, 0.15) is 50.8 Å². The predicted molar refractivity (Wildman–Crippen MR) is 109 cm³/mol. The summed E-state index contributed by atoms with van der Waals surface area (Å²) in [6.45, 7) is 0.277. The summed E-state index contributed by atoms with van der Waals surface area (Å²) in [4.78, 5) is 23.1. The molecule has 9 heteroatoms. The number of aryl methyl sites for hydroxylation is 1. The van der Waals surface area contributed by atoms with Crippen LogP contribution in [0.15, 0.2) is 54.7 Å². The lowest BCUT2D eigenvalue weighted by Gasteiger charge is -2.15. The van der Waals surface area contributed by atoms with Crippen LogP contribution in [-0.4, -0.2) is 22.2 Å². The molecule has 0 saturated carbocycles. The average molecular weight is 443 g/mol. The molecule has 0 saturated heterocycles. The monoisotopic (exact) mass is 443 g/mol. The lowest BCUT2D eigenvalue weighted by molar-refractivity contribution is -0.141. The maximum absolute atomic E-state index is 13.0. The van der Waals surface area contributed by atoms with Crippen LogP contribution in [0.4, 0.5) is 18.0 Å². The van der Waals surface area contributed by atoms with Gasteiger partial charge in [0.1, 0.15) is 6.61 Å². The van der Waals surface area contributed by atoms with Gasteiger partial charge in [0.15, 0.2) is 12.0 Å². The van der Waals surface area contributed by atoms with Crippen LogP contribution in [-0.2, 0) is 30.5 Å². The third-order valence-electron chi connectivity index (χ3n) is 5.32. The first kappa shape index (κ1) is 21.6. The van der Waals surface area contributed by atoms with Crippen molar-refractivity contribution < 1.29 is 27.5 Å². The van der Waals surface area contributed by atoms with Crippen molar-refractivity contribution in [2.45, 2.75) is 38.2 Å². The van der Waals surface area contributed by atoms with Crippen molar-refractivity contribution in [3.05, 3.63) is 88.2 Å². The van der Waals surface area contributed by atoms with Gasteiger partial charge in [0, 0.05) is 6.20 Å². The first-order valence-corrected chi connectivity index (χ1v) is 10.0. The number of hydrogen-bond donors (Lipinski definition) is 1. The number of fused-ring (bicyclic) bond motifs is 1. The molecule has 0 aliphatic heterocycles. The number of nitrogens with one attached hydrogen (secondary N) is 1. The molecule has 1 atom stereocenters. The Morgan fingerprint density at radius 2 is 1.97 bits per heavy atom. The highest BCUT2D eigenvalue weighted by Crippen LogP contribution is 2.33. The number of aldehydes is 1. The largest absolute Gasteiger partial charge is 0.445 e. The quantitative estimate of drug-likeness (QED) is 0.562. The number of ether oxygens (including phenoxy) is 1. The molecule has 32 heavy (non-hydrogen) atoms. The lowest BCUT2D eigenvalue weighted by atomic mass is 10.0. The van der Waals surface area contributed by atoms with Crippen molar-refractivity contribution in [2.24, 2.45) is 0 Å². The summed E-state index contributed by atoms with van der Waals surface area (Å²) >= 11 is 0. The Morgan fingerprint density at radius 1 is 1.19 bits per heavy atom. The zero-order valence-corrected chi connectivity index (χ0v) is 16.9. The maximum Gasteiger partial charge on any atom is 0.435 e. The highest BCUT2D eigenvalue weighted by atomic mass is 19.4. The van der Waals surface area contributed by atoms with Crippen molar-refractivity contribution >= 4 is 12.4 Å². The smallest absolute Gasteiger partial charge is 0.435 e. The van der Waals surface area contributed by atoms with Crippen LogP contribution in [0.5, 0.6) is 0 Å². The number of nitrogens with zero attached hydrogens (tertiary/aromatic N) is 2. The second-order valence-electron chi connectivity index (χ2n) is 7.58. The normalized spacial score (nSPS) is 15.3. The van der Waals surface area contributed by atoms with Gasteiger partial charge >= 0.3 is 12.3 Å². The van der Waals surface area contributed by atoms with E-state index < -0.39 is 23.5 Å². The molecule has 1 unspecified atom stereocenters. The second kappa shape index (κ2) is 8.86. The van der Waals surface area contributed by atoms with Gasteiger partial charge in [0.05, 0.1) is 18.2 Å². The minimum Gasteiger partial charge on any atom is -0.445 e. The highest BCUT2D eigenvalue weighted by molar-refractivity contribution is 5.76. The molecule has 1 N–H and O–H groups in total. The minimum atomic E-state index is -4.69. The number of alkyl carbamates (subject to hydrolysis) is 1. The van der Waals surface area contributed by atoms with Crippen molar-refractivity contribution in [2.75, 3.05) is 0 Å². The third kappa shape index (κ3) is 4.82. The number of hydrogen-bond acceptors (Lipinski definition) is 4. The fourth-order valence-electron chi connectivity index (χ4n) is 3.84. The maximum atomic E-state index is 13.0. The number of rotatable bonds is 6. The van der Waals surface area contributed by atoms with E-state index in [1.807, 2.05) is 42.5 Å². The topological polar surface area (TPSA) is 73.2 Å². The molecule has 4 rings (SSSR count). The van der Waals surface area contributed by atoms with Crippen LogP contribution in [0.25, 0.3) is 0 Å². The molecule has 0 spiro atoms. The molecule has 0 radical (unpaired) electrons. The van der Waals surface area contributed by atoms with E-state index in [4.69, 9.17) is 4.74 Å². The number of alkyl halides is 3. The Kier molecular flexibility index (Phi) is 5.98. The van der Waals surface area contributed by atoms with Crippen molar-refractivity contribution in [3.63, 3.8) is 0 Å². The lowest BCUT2D eigenvalue weighted by Crippen LogP contribution is -2.27. The zero-order chi connectivity index (χ0) is 22.7. The Hall–Kier alpha value is -3.62. The molecule has 2 aromatic carbocycles. The molecule has 0 fully saturated rings. The van der Waals surface area contributed by atoms with E-state index in [9.17, 15) is 22.8 Å². The molecule has 3 aromatic rings. The Bertz CT molecular complexity index is 1130. The first-order chi connectivity index (χ1) is 15.3. The van der Waals surface area contributed by atoms with E-state index >= 15 is 0 Å². The summed E-state index contributed by atoms with van der Waals surface area (Å²) in [5, 5.41) is 6.39. The first-order valence-electron chi connectivity index (χ1n) is 10.0. The van der Waals surface area contributed by atoms with E-state index in [0.717, 1.165) is 39.6 Å². The van der Waals surface area contributed by atoms with Crippen molar-refractivity contribution in [1.82, 2.24) is 15.1 Å². The van der Waals surface area contributed by atoms with Crippen molar-refractivity contribution in [3.8, 4) is 0 Å². The summed E-state index contributed by atoms with van der Waals surface area (Å²) < 4.78 is 45.3. The number of carbonyl (C=O) groups is 2. The molecule has 0 bridgehead atoms. The van der Waals surface area contributed by atoms with Crippen LogP contribution < -0.4 is 5.32 Å². The number of aromatic nitrogens is 2. The fraction of sp³-hybridized carbons (Fsp3) is 0.261. The molecule has 1 heterocycles. The van der Waals surface area contributed by atoms with Crippen LogP contribution in [0.3, 0.4) is 0 Å². The van der Waals surface area contributed by atoms with E-state index in [-0.39, 0.29) is 25.5 Å². The van der Waals surface area contributed by atoms with Gasteiger partial charge in [-0.25, -0.2) is 4.79 Å². The number of carbonyl (C=O) groups excluding carboxylic acids is 2. The Morgan fingerprint density at radius 3 is 2.66 bits per heavy atom. The molecule has 1 aliphatic carbocycles. The fourth-order valence-corrected chi connectivity index (χ4v) is 3.84. The van der Waals surface area contributed by atoms with Crippen molar-refractivity contribution in [1.29, 1.82) is 0 Å². The molecule has 166 valence electrons. The predicted octanol–water partition coefficient (Wildman–Crippen LogP) is 4.68. The Labute approximate surface area is 182 Å². The van der Waals surface area contributed by atoms with Gasteiger partial charge in [-0.05, 0) is 35.1 Å². The van der Waals surface area contributed by atoms with Crippen LogP contribution in [0.2, 0.25) is 0 Å². The van der Waals surface area contributed by atoms with Gasteiger partial charge in [-0.1, -0.05) is 48.5 Å². The highest BCUT2D eigenvalue weighted by Gasteiger charge is 2.37. The van der Waals surface area contributed by atoms with E-state index in [0.29, 0.717) is 6.42 Å². The summed E-state index contributed by atoms with van der Waals surface area (Å²) in [6, 6.07) is 14.7. The van der Waals surface area contributed by atoms with Gasteiger partial charge in [-0.3, -0.25) is 9.48 Å². The second-order valence-corrected chi connectivity index (χ2v) is 7.58. The van der Waals surface area contributed by atoms with Crippen LogP contribution in [0, 0.1) is 0 Å². The summed E-state index contributed by atoms with van der Waals surface area (Å²) in [6.07, 6.45) is -2.52. The Balaban J connectivity index is 1.40. The minimum absolute atomic E-state index is 0.0986. The van der Waals surface area contributed by atoms with Gasteiger partial charge < -0.3 is 10.1 Å². The van der Waals surface area contributed by atoms with Gasteiger partial charge in [0.2, 0.25) is 0 Å². The molecule has 1 aromatic heterocycles. The van der Waals surface area contributed by atoms with E-state index in [2.05, 4.69) is 10.4 Å². The molecule has 1 aliphatic rings. The van der Waals surface area contributed by atoms with Gasteiger partial charge in [0.25, 0.3) is 0 Å². The van der Waals surface area contributed by atoms with E-state index in [1.54, 1.807) is 6.07 Å².